The van der Waals surface area contributed by atoms with E-state index in [1.807, 2.05) is 83.7 Å². The van der Waals surface area contributed by atoms with Crippen molar-refractivity contribution in [2.75, 3.05) is 5.32 Å². The minimum atomic E-state index is -0.134. The molecule has 2 heterocycles. The summed E-state index contributed by atoms with van der Waals surface area (Å²) in [4.78, 5) is 13.9. The lowest BCUT2D eigenvalue weighted by molar-refractivity contribution is 0.103. The Morgan fingerprint density at radius 2 is 1.59 bits per heavy atom. The summed E-state index contributed by atoms with van der Waals surface area (Å²) >= 11 is 1.45. The van der Waals surface area contributed by atoms with Crippen molar-refractivity contribution in [2.45, 2.75) is 13.5 Å². The Balaban J connectivity index is 1.35. The third-order valence-corrected chi connectivity index (χ3v) is 6.52. The van der Waals surface area contributed by atoms with E-state index in [1.165, 1.54) is 16.9 Å². The van der Waals surface area contributed by atoms with Crippen molar-refractivity contribution in [2.24, 2.45) is 0 Å². The van der Waals surface area contributed by atoms with E-state index < -0.39 is 0 Å². The maximum atomic E-state index is 13.3. The number of thiophene rings is 1. The fourth-order valence-corrected chi connectivity index (χ4v) is 4.72. The topological polar surface area (TPSA) is 43.3 Å². The molecule has 0 atom stereocenters. The summed E-state index contributed by atoms with van der Waals surface area (Å²) < 4.78 is 7.85. The molecule has 0 fully saturated rings. The maximum absolute atomic E-state index is 13.3. The van der Waals surface area contributed by atoms with Crippen molar-refractivity contribution in [3.63, 3.8) is 0 Å². The van der Waals surface area contributed by atoms with E-state index in [2.05, 4.69) is 41.9 Å². The number of aromatic nitrogens is 1. The molecule has 0 aliphatic carbocycles. The fourth-order valence-electron chi connectivity index (χ4n) is 3.75. The second-order valence-corrected chi connectivity index (χ2v) is 8.92. The molecule has 3 aromatic carbocycles. The van der Waals surface area contributed by atoms with E-state index in [0.29, 0.717) is 11.5 Å². The third kappa shape index (κ3) is 4.80. The van der Waals surface area contributed by atoms with Gasteiger partial charge in [0, 0.05) is 29.0 Å². The summed E-state index contributed by atoms with van der Waals surface area (Å²) in [5.41, 5.74) is 6.05. The van der Waals surface area contributed by atoms with Crippen LogP contribution < -0.4 is 10.1 Å². The van der Waals surface area contributed by atoms with Gasteiger partial charge in [0.2, 0.25) is 0 Å². The number of rotatable bonds is 7. The van der Waals surface area contributed by atoms with Gasteiger partial charge >= 0.3 is 0 Å². The molecule has 5 heteroatoms. The normalized spacial score (nSPS) is 10.7. The number of ether oxygens (including phenoxy) is 1. The van der Waals surface area contributed by atoms with Crippen LogP contribution in [0.25, 0.3) is 16.8 Å². The lowest BCUT2D eigenvalue weighted by atomic mass is 10.0. The van der Waals surface area contributed by atoms with Crippen LogP contribution in [0.2, 0.25) is 0 Å². The highest BCUT2D eigenvalue weighted by Gasteiger charge is 2.20. The number of carbonyl (C=O) groups excluding carboxylic acids is 1. The Morgan fingerprint density at radius 1 is 0.882 bits per heavy atom. The molecule has 5 rings (SSSR count). The van der Waals surface area contributed by atoms with Gasteiger partial charge in [-0.15, -0.1) is 11.3 Å². The molecule has 2 aromatic heterocycles. The zero-order chi connectivity index (χ0) is 23.3. The minimum absolute atomic E-state index is 0.134. The number of carbonyl (C=O) groups is 1. The molecule has 168 valence electrons. The predicted molar refractivity (Wildman–Crippen MR) is 139 cm³/mol. The van der Waals surface area contributed by atoms with E-state index in [1.54, 1.807) is 0 Å². The van der Waals surface area contributed by atoms with Gasteiger partial charge in [0.15, 0.2) is 0 Å². The maximum Gasteiger partial charge on any atom is 0.267 e. The zero-order valence-corrected chi connectivity index (χ0v) is 19.6. The summed E-state index contributed by atoms with van der Waals surface area (Å²) in [6, 6.07) is 29.8. The van der Waals surface area contributed by atoms with Crippen LogP contribution in [0, 0.1) is 6.92 Å². The van der Waals surface area contributed by atoms with Gasteiger partial charge in [-0.25, -0.2) is 0 Å². The van der Waals surface area contributed by atoms with E-state index in [4.69, 9.17) is 4.74 Å². The Labute approximate surface area is 203 Å². The van der Waals surface area contributed by atoms with E-state index in [0.717, 1.165) is 33.8 Å². The van der Waals surface area contributed by atoms with Crippen molar-refractivity contribution in [1.29, 1.82) is 0 Å². The number of anilines is 1. The van der Waals surface area contributed by atoms with E-state index in [9.17, 15) is 4.79 Å². The van der Waals surface area contributed by atoms with Crippen molar-refractivity contribution in [3.05, 3.63) is 125 Å². The number of aryl methyl sites for hydroxylation is 1. The highest BCUT2D eigenvalue weighted by molar-refractivity contribution is 7.13. The summed E-state index contributed by atoms with van der Waals surface area (Å²) in [5, 5.41) is 5.09. The van der Waals surface area contributed by atoms with Gasteiger partial charge in [0.1, 0.15) is 17.2 Å². The predicted octanol–water partition coefficient (Wildman–Crippen LogP) is 7.35. The standard InChI is InChI=1S/C29H24N2O2S/c1-21-9-11-23(12-10-21)26-20-34-28(27(26)31-17-5-6-18-31)29(32)30-24-13-15-25(16-14-24)33-19-22-7-3-2-4-8-22/h2-18,20H,19H2,1H3,(H,30,32). The van der Waals surface area contributed by atoms with Gasteiger partial charge in [-0.1, -0.05) is 60.2 Å². The Kier molecular flexibility index (Phi) is 6.27. The first-order valence-electron chi connectivity index (χ1n) is 11.1. The SMILES string of the molecule is Cc1ccc(-c2csc(C(=O)Nc3ccc(OCc4ccccc4)cc3)c2-n2cccc2)cc1. The van der Waals surface area contributed by atoms with Crippen LogP contribution >= 0.6 is 11.3 Å². The summed E-state index contributed by atoms with van der Waals surface area (Å²) in [6.45, 7) is 2.57. The van der Waals surface area contributed by atoms with E-state index >= 15 is 0 Å². The molecule has 0 aliphatic rings. The second kappa shape index (κ2) is 9.81. The number of amides is 1. The van der Waals surface area contributed by atoms with Crippen LogP contribution in [0.4, 0.5) is 5.69 Å². The highest BCUT2D eigenvalue weighted by atomic mass is 32.1. The van der Waals surface area contributed by atoms with E-state index in [-0.39, 0.29) is 5.91 Å². The Morgan fingerprint density at radius 3 is 2.29 bits per heavy atom. The van der Waals surface area contributed by atoms with Gasteiger partial charge in [0.25, 0.3) is 5.91 Å². The lowest BCUT2D eigenvalue weighted by Gasteiger charge is -2.11. The molecule has 0 unspecified atom stereocenters. The smallest absolute Gasteiger partial charge is 0.267 e. The third-order valence-electron chi connectivity index (χ3n) is 5.56. The first kappa shape index (κ1) is 21.7. The summed E-state index contributed by atoms with van der Waals surface area (Å²) in [7, 11) is 0. The number of hydrogen-bond acceptors (Lipinski definition) is 3. The van der Waals surface area contributed by atoms with Crippen LogP contribution in [0.3, 0.4) is 0 Å². The average molecular weight is 465 g/mol. The Hall–Kier alpha value is -4.09. The molecule has 0 radical (unpaired) electrons. The molecule has 0 aliphatic heterocycles. The molecule has 0 spiro atoms. The molecule has 0 saturated heterocycles. The number of nitrogens with one attached hydrogen (secondary N) is 1. The molecular weight excluding hydrogens is 440 g/mol. The number of hydrogen-bond donors (Lipinski definition) is 1. The van der Waals surface area contributed by atoms with Crippen molar-refractivity contribution < 1.29 is 9.53 Å². The van der Waals surface area contributed by atoms with Gasteiger partial charge < -0.3 is 14.6 Å². The fraction of sp³-hybridized carbons (Fsp3) is 0.0690. The van der Waals surface area contributed by atoms with Crippen LogP contribution in [-0.4, -0.2) is 10.5 Å². The second-order valence-electron chi connectivity index (χ2n) is 8.04. The molecule has 0 bridgehead atoms. The van der Waals surface area contributed by atoms with Gasteiger partial charge in [0.05, 0.1) is 5.69 Å². The van der Waals surface area contributed by atoms with Gasteiger partial charge in [-0.3, -0.25) is 4.79 Å². The van der Waals surface area contributed by atoms with Crippen LogP contribution in [0.5, 0.6) is 5.75 Å². The molecule has 1 amide bonds. The lowest BCUT2D eigenvalue weighted by Crippen LogP contribution is -2.13. The average Bonchev–Trinajstić information content (AvgIpc) is 3.55. The van der Waals surface area contributed by atoms with Crippen LogP contribution in [0.15, 0.2) is 109 Å². The first-order chi connectivity index (χ1) is 16.7. The molecule has 34 heavy (non-hydrogen) atoms. The molecule has 0 saturated carbocycles. The first-order valence-corrected chi connectivity index (χ1v) is 12.0. The van der Waals surface area contributed by atoms with Crippen molar-refractivity contribution in [1.82, 2.24) is 4.57 Å². The molecule has 1 N–H and O–H groups in total. The number of nitrogens with zero attached hydrogens (tertiary/aromatic N) is 1. The van der Waals surface area contributed by atoms with Gasteiger partial charge in [-0.05, 0) is 54.4 Å². The highest BCUT2D eigenvalue weighted by Crippen LogP contribution is 2.35. The minimum Gasteiger partial charge on any atom is -0.489 e. The van der Waals surface area contributed by atoms with Crippen molar-refractivity contribution >= 4 is 22.9 Å². The summed E-state index contributed by atoms with van der Waals surface area (Å²) in [6.07, 6.45) is 3.94. The molecule has 5 aromatic rings. The van der Waals surface area contributed by atoms with Crippen LogP contribution in [-0.2, 0) is 6.61 Å². The van der Waals surface area contributed by atoms with Crippen molar-refractivity contribution in [3.8, 4) is 22.6 Å². The van der Waals surface area contributed by atoms with Gasteiger partial charge in [-0.2, -0.15) is 0 Å². The molecule has 4 nitrogen and oxygen atoms in total. The largest absolute Gasteiger partial charge is 0.489 e. The molecular formula is C29H24N2O2S. The Bertz CT molecular complexity index is 1370. The number of benzene rings is 3. The zero-order valence-electron chi connectivity index (χ0n) is 18.8. The monoisotopic (exact) mass is 464 g/mol. The summed E-state index contributed by atoms with van der Waals surface area (Å²) in [5.74, 6) is 0.623. The van der Waals surface area contributed by atoms with Crippen LogP contribution in [0.1, 0.15) is 20.8 Å². The quantitative estimate of drug-likeness (QED) is 0.274.